The number of nitrogens with zero attached hydrogens (tertiary/aromatic N) is 4. The summed E-state index contributed by atoms with van der Waals surface area (Å²) >= 11 is 0. The maximum atomic E-state index is 14.0. The molecule has 0 spiro atoms. The van der Waals surface area contributed by atoms with Crippen molar-refractivity contribution in [2.24, 2.45) is 0 Å². The molecule has 40 heavy (non-hydrogen) atoms. The minimum absolute atomic E-state index is 0.0609. The smallest absolute Gasteiger partial charge is 0.270 e. The Morgan fingerprint density at radius 1 is 0.750 bits per heavy atom. The molecule has 1 aromatic heterocycles. The van der Waals surface area contributed by atoms with Crippen molar-refractivity contribution in [1.29, 1.82) is 0 Å². The Hall–Kier alpha value is -4.36. The maximum absolute atomic E-state index is 14.0. The predicted octanol–water partition coefficient (Wildman–Crippen LogP) is 5.15. The minimum atomic E-state index is -0.0721. The summed E-state index contributed by atoms with van der Waals surface area (Å²) in [5.41, 5.74) is 6.10. The highest BCUT2D eigenvalue weighted by molar-refractivity contribution is 6.07. The van der Waals surface area contributed by atoms with Crippen LogP contribution in [0.4, 0.5) is 5.69 Å². The molecule has 4 aromatic rings. The molecule has 0 aliphatic carbocycles. The lowest BCUT2D eigenvalue weighted by atomic mass is 10.0. The van der Waals surface area contributed by atoms with Crippen LogP contribution in [0.5, 0.6) is 5.75 Å². The Morgan fingerprint density at radius 3 is 2.35 bits per heavy atom. The largest absolute Gasteiger partial charge is 0.496 e. The summed E-state index contributed by atoms with van der Waals surface area (Å²) in [6.45, 7) is 4.29. The lowest BCUT2D eigenvalue weighted by Gasteiger charge is -2.23. The summed E-state index contributed by atoms with van der Waals surface area (Å²) in [4.78, 5) is 33.7. The molecule has 0 unspecified atom stereocenters. The van der Waals surface area contributed by atoms with Crippen molar-refractivity contribution in [3.8, 4) is 16.9 Å². The maximum Gasteiger partial charge on any atom is 0.270 e. The first-order valence-corrected chi connectivity index (χ1v) is 13.8. The van der Waals surface area contributed by atoms with Crippen LogP contribution in [0.15, 0.2) is 84.9 Å². The Kier molecular flexibility index (Phi) is 7.13. The summed E-state index contributed by atoms with van der Waals surface area (Å²) in [7, 11) is 3.76. The molecule has 6 rings (SSSR count). The summed E-state index contributed by atoms with van der Waals surface area (Å²) in [6, 6.07) is 27.5. The van der Waals surface area contributed by atoms with Crippen molar-refractivity contribution in [1.82, 2.24) is 14.4 Å². The van der Waals surface area contributed by atoms with Gasteiger partial charge in [0.05, 0.1) is 20.2 Å². The summed E-state index contributed by atoms with van der Waals surface area (Å²) < 4.78 is 7.61. The molecule has 2 aliphatic heterocycles. The van der Waals surface area contributed by atoms with Gasteiger partial charge in [-0.1, -0.05) is 48.5 Å². The van der Waals surface area contributed by atoms with Crippen LogP contribution in [0.2, 0.25) is 0 Å². The molecule has 0 saturated carbocycles. The highest BCUT2D eigenvalue weighted by atomic mass is 16.5. The van der Waals surface area contributed by atoms with Crippen LogP contribution in [0, 0.1) is 0 Å². The number of ether oxygens (including phenoxy) is 1. The van der Waals surface area contributed by atoms with E-state index in [9.17, 15) is 9.59 Å². The SMILES string of the molecule is COc1ccccc1-c1ccc(C(=O)N2Cc3ccc(C(=O)N4CCCN(C)CC4)n3Cc3ccccc32)cc1. The van der Waals surface area contributed by atoms with Crippen LogP contribution in [0.3, 0.4) is 0 Å². The fourth-order valence-corrected chi connectivity index (χ4v) is 5.77. The van der Waals surface area contributed by atoms with Gasteiger partial charge in [0.25, 0.3) is 11.8 Å². The molecule has 7 nitrogen and oxygen atoms in total. The summed E-state index contributed by atoms with van der Waals surface area (Å²) in [6.07, 6.45) is 0.969. The van der Waals surface area contributed by atoms with Gasteiger partial charge in [-0.15, -0.1) is 0 Å². The molecule has 0 radical (unpaired) electrons. The molecule has 7 heteroatoms. The van der Waals surface area contributed by atoms with Crippen LogP contribution in [0.25, 0.3) is 11.1 Å². The van der Waals surface area contributed by atoms with Crippen molar-refractivity contribution in [2.75, 3.05) is 45.2 Å². The van der Waals surface area contributed by atoms with Gasteiger partial charge in [-0.25, -0.2) is 0 Å². The summed E-state index contributed by atoms with van der Waals surface area (Å²) in [5.74, 6) is 0.782. The zero-order chi connectivity index (χ0) is 27.6. The molecule has 2 aliphatic rings. The molecule has 0 bridgehead atoms. The quantitative estimate of drug-likeness (QED) is 0.363. The van der Waals surface area contributed by atoms with E-state index >= 15 is 0 Å². The number of amides is 2. The number of aromatic nitrogens is 1. The lowest BCUT2D eigenvalue weighted by molar-refractivity contribution is 0.0752. The second-order valence-electron chi connectivity index (χ2n) is 10.5. The third-order valence-corrected chi connectivity index (χ3v) is 8.02. The number of hydrogen-bond donors (Lipinski definition) is 0. The van der Waals surface area contributed by atoms with E-state index in [0.29, 0.717) is 24.3 Å². The molecular formula is C33H34N4O3. The number of methoxy groups -OCH3 is 1. The highest BCUT2D eigenvalue weighted by Gasteiger charge is 2.29. The third-order valence-electron chi connectivity index (χ3n) is 8.02. The van der Waals surface area contributed by atoms with Crippen LogP contribution in [-0.2, 0) is 13.1 Å². The molecule has 3 heterocycles. The number of carbonyl (C=O) groups excluding carboxylic acids is 2. The first kappa shape index (κ1) is 25.9. The normalized spacial score (nSPS) is 15.6. The van der Waals surface area contributed by atoms with Gasteiger partial charge in [0.15, 0.2) is 0 Å². The molecule has 204 valence electrons. The number of likely N-dealkylation sites (N-methyl/N-ethyl adjacent to an activating group) is 1. The van der Waals surface area contributed by atoms with Crippen molar-refractivity contribution in [2.45, 2.75) is 19.5 Å². The predicted molar refractivity (Wildman–Crippen MR) is 157 cm³/mol. The van der Waals surface area contributed by atoms with Crippen molar-refractivity contribution in [3.05, 3.63) is 107 Å². The summed E-state index contributed by atoms with van der Waals surface area (Å²) in [5, 5.41) is 0. The van der Waals surface area contributed by atoms with Gasteiger partial charge in [0.1, 0.15) is 11.4 Å². The average molecular weight is 535 g/mol. The molecule has 0 N–H and O–H groups in total. The first-order chi connectivity index (χ1) is 19.5. The fraction of sp³-hybridized carbons (Fsp3) is 0.273. The van der Waals surface area contributed by atoms with E-state index in [2.05, 4.69) is 16.5 Å². The Bertz CT molecular complexity index is 1540. The monoisotopic (exact) mass is 534 g/mol. The molecular weight excluding hydrogens is 500 g/mol. The van der Waals surface area contributed by atoms with E-state index in [4.69, 9.17) is 4.74 Å². The van der Waals surface area contributed by atoms with Gasteiger partial charge in [0, 0.05) is 42.1 Å². The van der Waals surface area contributed by atoms with E-state index in [-0.39, 0.29) is 11.8 Å². The van der Waals surface area contributed by atoms with E-state index in [1.54, 1.807) is 7.11 Å². The average Bonchev–Trinajstić information content (AvgIpc) is 3.14. The third kappa shape index (κ3) is 4.89. The van der Waals surface area contributed by atoms with Gasteiger partial charge in [-0.3, -0.25) is 9.59 Å². The van der Waals surface area contributed by atoms with E-state index in [0.717, 1.165) is 66.4 Å². The van der Waals surface area contributed by atoms with E-state index < -0.39 is 0 Å². The standard InChI is InChI=1S/C33H34N4O3/c1-34-18-7-19-35(21-20-34)33(39)30-17-16-27-23-37(29-10-5-3-8-26(29)22-36(27)30)32(38)25-14-12-24(13-15-25)28-9-4-6-11-31(28)40-2/h3-6,8-17H,7,18-23H2,1-2H3. The van der Waals surface area contributed by atoms with Gasteiger partial charge in [0.2, 0.25) is 0 Å². The number of rotatable bonds is 4. The highest BCUT2D eigenvalue weighted by Crippen LogP contribution is 2.33. The van der Waals surface area contributed by atoms with Crippen molar-refractivity contribution in [3.63, 3.8) is 0 Å². The van der Waals surface area contributed by atoms with Crippen molar-refractivity contribution < 1.29 is 14.3 Å². The Balaban J connectivity index is 1.30. The molecule has 1 saturated heterocycles. The Morgan fingerprint density at radius 2 is 1.52 bits per heavy atom. The minimum Gasteiger partial charge on any atom is -0.496 e. The van der Waals surface area contributed by atoms with Gasteiger partial charge < -0.3 is 24.0 Å². The Labute approximate surface area is 235 Å². The second kappa shape index (κ2) is 11.0. The molecule has 0 atom stereocenters. The first-order valence-electron chi connectivity index (χ1n) is 13.8. The molecule has 2 amide bonds. The lowest BCUT2D eigenvalue weighted by Crippen LogP contribution is -2.35. The van der Waals surface area contributed by atoms with Crippen LogP contribution in [-0.4, -0.2) is 66.5 Å². The van der Waals surface area contributed by atoms with Gasteiger partial charge >= 0.3 is 0 Å². The number of fused-ring (bicyclic) bond motifs is 2. The fourth-order valence-electron chi connectivity index (χ4n) is 5.77. The number of anilines is 1. The van der Waals surface area contributed by atoms with Crippen LogP contribution < -0.4 is 9.64 Å². The topological polar surface area (TPSA) is 58.0 Å². The van der Waals surface area contributed by atoms with Gasteiger partial charge in [-0.2, -0.15) is 0 Å². The number of benzene rings is 3. The molecule has 3 aromatic carbocycles. The number of hydrogen-bond acceptors (Lipinski definition) is 4. The second-order valence-corrected chi connectivity index (χ2v) is 10.5. The van der Waals surface area contributed by atoms with Gasteiger partial charge in [-0.05, 0) is 67.5 Å². The van der Waals surface area contributed by atoms with Crippen molar-refractivity contribution >= 4 is 17.5 Å². The van der Waals surface area contributed by atoms with E-state index in [1.807, 2.05) is 94.7 Å². The zero-order valence-electron chi connectivity index (χ0n) is 23.0. The number of para-hydroxylation sites is 2. The zero-order valence-corrected chi connectivity index (χ0v) is 23.0. The molecule has 1 fully saturated rings. The van der Waals surface area contributed by atoms with Crippen LogP contribution >= 0.6 is 0 Å². The number of carbonyl (C=O) groups is 2. The van der Waals surface area contributed by atoms with Crippen LogP contribution in [0.1, 0.15) is 38.5 Å². The van der Waals surface area contributed by atoms with E-state index in [1.165, 1.54) is 0 Å².